The van der Waals surface area contributed by atoms with Crippen LogP contribution in [-0.4, -0.2) is 17.2 Å². The smallest absolute Gasteiger partial charge is 0.0540 e. The molecule has 0 fully saturated rings. The molecule has 7 nitrogen and oxygen atoms in total. The third-order valence-electron chi connectivity index (χ3n) is 0.256. The molecule has 0 aromatic carbocycles. The Labute approximate surface area is 46.2 Å². The minimum absolute atomic E-state index is 0.0556. The lowest BCUT2D eigenvalue weighted by molar-refractivity contribution is -1.16. The Morgan fingerprint density at radius 2 is 1.88 bits per heavy atom. The maximum atomic E-state index is 9.90. The van der Waals surface area contributed by atoms with Gasteiger partial charge >= 0.3 is 0 Å². The summed E-state index contributed by atoms with van der Waals surface area (Å²) in [5.41, 5.74) is 0. The van der Waals surface area contributed by atoms with Crippen LogP contribution in [0.25, 0.3) is 0 Å². The summed E-state index contributed by atoms with van der Waals surface area (Å²) >= 11 is 0. The second kappa shape index (κ2) is 2.33. The monoisotopic (exact) mass is 123 g/mol. The Morgan fingerprint density at radius 1 is 1.50 bits per heavy atom. The van der Waals surface area contributed by atoms with Crippen LogP contribution in [0.4, 0.5) is 0 Å². The summed E-state index contributed by atoms with van der Waals surface area (Å²) in [6.45, 7) is 0. The van der Waals surface area contributed by atoms with Crippen LogP contribution in [0, 0.1) is 5.21 Å². The molecule has 0 rings (SSSR count). The van der Waals surface area contributed by atoms with Crippen LogP contribution in [-0.2, 0) is 4.94 Å². The fourth-order valence-corrected chi connectivity index (χ4v) is 0.199. The zero-order valence-electron chi connectivity index (χ0n) is 4.44. The van der Waals surface area contributed by atoms with Crippen molar-refractivity contribution in [1.82, 2.24) is 5.23 Å². The highest BCUT2D eigenvalue weighted by Crippen LogP contribution is 1.81. The number of rotatable bonds is 2. The van der Waals surface area contributed by atoms with Crippen molar-refractivity contribution in [1.29, 1.82) is 0 Å². The molecule has 0 heterocycles. The van der Waals surface area contributed by atoms with Crippen molar-refractivity contribution in [2.45, 2.75) is 0 Å². The minimum Gasteiger partial charge on any atom is -0.758 e. The molecule has 0 amide bonds. The van der Waals surface area contributed by atoms with Gasteiger partial charge < -0.3 is 5.21 Å². The first kappa shape index (κ1) is 7.72. The molecule has 0 aliphatic carbocycles. The lowest BCUT2D eigenvalue weighted by atomic mass is 11.5. The molecule has 7 heteroatoms. The van der Waals surface area contributed by atoms with Gasteiger partial charge in [-0.05, 0) is 0 Å². The third kappa shape index (κ3) is 5.72. The molecule has 50 valence electrons. The Kier molecular flexibility index (Phi) is 2.25. The van der Waals surface area contributed by atoms with E-state index in [4.69, 9.17) is 17.5 Å². The summed E-state index contributed by atoms with van der Waals surface area (Å²) < 4.78 is 0. The predicted octanol–water partition coefficient (Wildman–Crippen LogP) is -2.30. The largest absolute Gasteiger partial charge is 0.758 e. The number of quaternary nitrogens is 1. The van der Waals surface area contributed by atoms with Crippen molar-refractivity contribution in [2.24, 2.45) is 17.5 Å². The van der Waals surface area contributed by atoms with Crippen LogP contribution < -0.4 is 17.5 Å². The Bertz CT molecular complexity index is 65.3. The van der Waals surface area contributed by atoms with Crippen LogP contribution >= 0.6 is 0 Å². The van der Waals surface area contributed by atoms with E-state index < -0.39 is 4.97 Å². The van der Waals surface area contributed by atoms with Crippen molar-refractivity contribution in [3.05, 3.63) is 5.21 Å². The quantitative estimate of drug-likeness (QED) is 0.216. The van der Waals surface area contributed by atoms with Crippen molar-refractivity contribution in [3.63, 3.8) is 0 Å². The highest BCUT2D eigenvalue weighted by molar-refractivity contribution is 4.17. The first-order valence-electron chi connectivity index (χ1n) is 1.77. The van der Waals surface area contributed by atoms with Gasteiger partial charge in [0.05, 0.1) is 4.97 Å². The summed E-state index contributed by atoms with van der Waals surface area (Å²) in [6.07, 6.45) is 0. The topological polar surface area (TPSA) is 114 Å². The lowest BCUT2D eigenvalue weighted by Gasteiger charge is -2.24. The first-order chi connectivity index (χ1) is 3.42. The van der Waals surface area contributed by atoms with Crippen LogP contribution in [0.5, 0.6) is 0 Å². The first-order valence-corrected chi connectivity index (χ1v) is 1.77. The molecule has 0 saturated heterocycles. The normalized spacial score (nSPS) is 12.8. The molecular formula is CH9N5O2. The maximum absolute atomic E-state index is 9.90. The van der Waals surface area contributed by atoms with Gasteiger partial charge in [-0.1, -0.05) is 4.94 Å². The number of nitrogens with two attached hydrogens (primary N) is 3. The average molecular weight is 123 g/mol. The van der Waals surface area contributed by atoms with E-state index >= 15 is 0 Å². The fourth-order valence-electron chi connectivity index (χ4n) is 0.199. The zero-order valence-corrected chi connectivity index (χ0v) is 4.44. The van der Waals surface area contributed by atoms with E-state index in [-0.39, 0.29) is 5.23 Å². The molecule has 6 N–H and O–H groups in total. The van der Waals surface area contributed by atoms with Gasteiger partial charge in [-0.3, -0.25) is 0 Å². The number of hydroxylamine groups is 2. The number of nitrogens with zero attached hydrogens (tertiary/aromatic N) is 2. The summed E-state index contributed by atoms with van der Waals surface area (Å²) in [7, 11) is 1.07. The van der Waals surface area contributed by atoms with Crippen molar-refractivity contribution >= 4 is 0 Å². The number of hydrogen-bond acceptors (Lipinski definition) is 6. The minimum atomic E-state index is -1.31. The van der Waals surface area contributed by atoms with Crippen LogP contribution in [0.2, 0.25) is 0 Å². The van der Waals surface area contributed by atoms with E-state index in [1.807, 2.05) is 0 Å². The molecule has 0 atom stereocenters. The molecule has 0 spiro atoms. The van der Waals surface area contributed by atoms with Crippen LogP contribution in [0.15, 0.2) is 0 Å². The van der Waals surface area contributed by atoms with Crippen molar-refractivity contribution < 1.29 is 9.91 Å². The highest BCUT2D eigenvalue weighted by atomic mass is 17.0. The highest BCUT2D eigenvalue weighted by Gasteiger charge is 2.10. The maximum Gasteiger partial charge on any atom is 0.0540 e. The van der Waals surface area contributed by atoms with E-state index in [1.165, 1.54) is 0 Å². The SMILES string of the molecule is CN([O-])O[N+](N)(N)N. The van der Waals surface area contributed by atoms with Gasteiger partial charge in [0.1, 0.15) is 0 Å². The lowest BCUT2D eigenvalue weighted by Crippen LogP contribution is -2.67. The van der Waals surface area contributed by atoms with E-state index in [2.05, 4.69) is 4.94 Å². The standard InChI is InChI=1S/CH9N5O2/c1-5(7)8-6(2,3)4/h2-4H2,1H3. The summed E-state index contributed by atoms with van der Waals surface area (Å²) in [5.74, 6) is 14.3. The second-order valence-electron chi connectivity index (χ2n) is 1.28. The summed E-state index contributed by atoms with van der Waals surface area (Å²) in [5, 5.41) is 9.95. The van der Waals surface area contributed by atoms with E-state index in [1.54, 1.807) is 0 Å². The van der Waals surface area contributed by atoms with E-state index in [9.17, 15) is 5.21 Å². The van der Waals surface area contributed by atoms with E-state index in [0.29, 0.717) is 0 Å². The average Bonchev–Trinajstić information content (AvgIpc) is 1.21. The molecule has 0 unspecified atom stereocenters. The molecule has 0 aliphatic rings. The Morgan fingerprint density at radius 3 is 1.88 bits per heavy atom. The van der Waals surface area contributed by atoms with Gasteiger partial charge in [0.15, 0.2) is 0 Å². The molecule has 0 bridgehead atoms. The molecular weight excluding hydrogens is 114 g/mol. The Hall–Kier alpha value is -0.280. The van der Waals surface area contributed by atoms with Gasteiger partial charge in [0, 0.05) is 7.05 Å². The molecule has 8 heavy (non-hydrogen) atoms. The van der Waals surface area contributed by atoms with Gasteiger partial charge in [0.25, 0.3) is 0 Å². The van der Waals surface area contributed by atoms with Gasteiger partial charge in [-0.15, -0.1) is 17.5 Å². The molecule has 0 aromatic rings. The van der Waals surface area contributed by atoms with Crippen molar-refractivity contribution in [2.75, 3.05) is 7.05 Å². The fraction of sp³-hybridized carbons (Fsp3) is 1.00. The van der Waals surface area contributed by atoms with Crippen LogP contribution in [0.3, 0.4) is 0 Å². The third-order valence-corrected chi connectivity index (χ3v) is 0.256. The molecule has 0 saturated carbocycles. The summed E-state index contributed by atoms with van der Waals surface area (Å²) in [4.78, 5) is 2.68. The second-order valence-corrected chi connectivity index (χ2v) is 1.28. The molecule has 0 aromatic heterocycles. The van der Waals surface area contributed by atoms with Gasteiger partial charge in [0.2, 0.25) is 0 Å². The van der Waals surface area contributed by atoms with Gasteiger partial charge in [-0.2, -0.15) is 0 Å². The summed E-state index contributed by atoms with van der Waals surface area (Å²) in [6, 6.07) is 0. The molecule has 0 aliphatic heterocycles. The van der Waals surface area contributed by atoms with Gasteiger partial charge in [-0.25, -0.2) is 5.23 Å². The Balaban J connectivity index is 3.39. The zero-order chi connectivity index (χ0) is 6.78. The van der Waals surface area contributed by atoms with Crippen LogP contribution in [0.1, 0.15) is 0 Å². The van der Waals surface area contributed by atoms with E-state index in [0.717, 1.165) is 7.05 Å². The molecule has 0 radical (unpaired) electrons. The predicted molar refractivity (Wildman–Crippen MR) is 25.0 cm³/mol. The van der Waals surface area contributed by atoms with Crippen molar-refractivity contribution in [3.8, 4) is 0 Å². The number of hydrogen-bond donors (Lipinski definition) is 3.